The molecule has 0 amide bonds. The largest absolute Gasteiger partial charge is 0.369 e. The number of halogens is 3. The van der Waals surface area contributed by atoms with Gasteiger partial charge in [-0.25, -0.2) is 13.1 Å². The van der Waals surface area contributed by atoms with Gasteiger partial charge in [-0.3, -0.25) is 0 Å². The first-order valence-electron chi connectivity index (χ1n) is 7.21. The number of nitrogens with zero attached hydrogens (tertiary/aromatic N) is 4. The molecule has 0 spiro atoms. The first kappa shape index (κ1) is 17.1. The average Bonchev–Trinajstić information content (AvgIpc) is 3.06. The third-order valence-corrected chi connectivity index (χ3v) is 5.91. The Hall–Kier alpha value is -1.71. The molecule has 24 heavy (non-hydrogen) atoms. The molecular weight excluding hydrogens is 362 g/mol. The number of aromatic nitrogens is 2. The second kappa shape index (κ2) is 6.66. The fourth-order valence-corrected chi connectivity index (χ4v) is 4.12. The summed E-state index contributed by atoms with van der Waals surface area (Å²) in [5, 5.41) is 4.00. The lowest BCUT2D eigenvalue weighted by Gasteiger charge is -2.35. The van der Waals surface area contributed by atoms with Crippen LogP contribution >= 0.6 is 11.6 Å². The number of rotatable bonds is 4. The second-order valence-corrected chi connectivity index (χ2v) is 7.68. The molecule has 0 bridgehead atoms. The molecule has 2 heterocycles. The number of hydrogen-bond donors (Lipinski definition) is 0. The zero-order valence-corrected chi connectivity index (χ0v) is 14.1. The molecule has 1 saturated heterocycles. The van der Waals surface area contributed by atoms with E-state index in [4.69, 9.17) is 11.6 Å². The molecule has 10 heteroatoms. The molecule has 0 unspecified atom stereocenters. The summed E-state index contributed by atoms with van der Waals surface area (Å²) in [6.45, 7) is -1.37. The van der Waals surface area contributed by atoms with Gasteiger partial charge in [-0.15, -0.1) is 0 Å². The maximum atomic E-state index is 12.6. The van der Waals surface area contributed by atoms with Gasteiger partial charge in [0.1, 0.15) is 4.90 Å². The lowest BCUT2D eigenvalue weighted by molar-refractivity contribution is 0.0563. The number of anilines is 1. The summed E-state index contributed by atoms with van der Waals surface area (Å²) >= 11 is 5.97. The smallest absolute Gasteiger partial charge is 0.333 e. The van der Waals surface area contributed by atoms with Crippen molar-refractivity contribution in [1.82, 2.24) is 14.1 Å². The molecule has 0 N–H and O–H groups in total. The highest BCUT2D eigenvalue weighted by molar-refractivity contribution is 7.89. The van der Waals surface area contributed by atoms with Crippen molar-refractivity contribution >= 4 is 27.3 Å². The van der Waals surface area contributed by atoms with Gasteiger partial charge in [-0.2, -0.15) is 18.2 Å². The zero-order chi connectivity index (χ0) is 17.3. The van der Waals surface area contributed by atoms with Gasteiger partial charge in [-0.1, -0.05) is 17.7 Å². The van der Waals surface area contributed by atoms with E-state index in [2.05, 4.69) is 5.10 Å². The normalized spacial score (nSPS) is 16.8. The van der Waals surface area contributed by atoms with Crippen molar-refractivity contribution in [3.8, 4) is 0 Å². The maximum Gasteiger partial charge on any atom is 0.333 e. The second-order valence-electron chi connectivity index (χ2n) is 5.30. The van der Waals surface area contributed by atoms with Crippen molar-refractivity contribution in [2.24, 2.45) is 0 Å². The molecular formula is C14H15ClF2N4O2S. The summed E-state index contributed by atoms with van der Waals surface area (Å²) in [5.41, 5.74) is 0.921. The number of sulfonamides is 1. The van der Waals surface area contributed by atoms with Crippen LogP contribution in [-0.2, 0) is 10.0 Å². The fourth-order valence-electron chi connectivity index (χ4n) is 2.57. The summed E-state index contributed by atoms with van der Waals surface area (Å²) in [5.74, 6) is 0. The molecule has 1 aromatic heterocycles. The van der Waals surface area contributed by atoms with Gasteiger partial charge in [0.25, 0.3) is 0 Å². The van der Waals surface area contributed by atoms with Gasteiger partial charge in [0.15, 0.2) is 0 Å². The van der Waals surface area contributed by atoms with Crippen LogP contribution in [0.2, 0.25) is 5.02 Å². The average molecular weight is 377 g/mol. The molecule has 0 radical (unpaired) electrons. The number of piperazine rings is 1. The van der Waals surface area contributed by atoms with Crippen molar-refractivity contribution in [3.63, 3.8) is 0 Å². The van der Waals surface area contributed by atoms with Gasteiger partial charge in [0, 0.05) is 36.9 Å². The summed E-state index contributed by atoms with van der Waals surface area (Å²) < 4.78 is 51.7. The molecule has 1 aliphatic rings. The first-order valence-corrected chi connectivity index (χ1v) is 9.03. The third-order valence-electron chi connectivity index (χ3n) is 3.83. The fraction of sp³-hybridized carbons (Fsp3) is 0.357. The SMILES string of the molecule is O=S(=O)(c1cnn(C(F)F)c1)N1CCN(c2cccc(Cl)c2)CC1. The van der Waals surface area contributed by atoms with E-state index in [1.165, 1.54) is 4.31 Å². The van der Waals surface area contributed by atoms with E-state index in [0.717, 1.165) is 18.1 Å². The highest BCUT2D eigenvalue weighted by Crippen LogP contribution is 2.23. The van der Waals surface area contributed by atoms with Gasteiger partial charge < -0.3 is 4.90 Å². The maximum absolute atomic E-state index is 12.6. The van der Waals surface area contributed by atoms with Crippen LogP contribution in [0.1, 0.15) is 6.55 Å². The number of hydrogen-bond acceptors (Lipinski definition) is 4. The molecule has 3 rings (SSSR count). The van der Waals surface area contributed by atoms with Gasteiger partial charge in [0.05, 0.1) is 12.4 Å². The highest BCUT2D eigenvalue weighted by atomic mass is 35.5. The Bertz CT molecular complexity index is 820. The minimum Gasteiger partial charge on any atom is -0.369 e. The molecule has 1 aromatic carbocycles. The van der Waals surface area contributed by atoms with Crippen LogP contribution in [0.15, 0.2) is 41.6 Å². The molecule has 2 aromatic rings. The number of alkyl halides is 2. The predicted molar refractivity (Wildman–Crippen MR) is 85.9 cm³/mol. The topological polar surface area (TPSA) is 58.4 Å². The first-order chi connectivity index (χ1) is 11.4. The standard InChI is InChI=1S/C14H15ClF2N4O2S/c15-11-2-1-3-12(8-11)19-4-6-20(7-5-19)24(22,23)13-9-18-21(10-13)14(16)17/h1-3,8-10,14H,4-7H2. The predicted octanol–water partition coefficient (Wildman–Crippen LogP) is 2.44. The van der Waals surface area contributed by atoms with Crippen LogP contribution in [-0.4, -0.2) is 48.7 Å². The van der Waals surface area contributed by atoms with Crippen molar-refractivity contribution in [3.05, 3.63) is 41.7 Å². The van der Waals surface area contributed by atoms with Crippen LogP contribution in [0, 0.1) is 0 Å². The third kappa shape index (κ3) is 3.38. The summed E-state index contributed by atoms with van der Waals surface area (Å²) in [6, 6.07) is 7.33. The van der Waals surface area contributed by atoms with E-state index in [1.807, 2.05) is 23.1 Å². The monoisotopic (exact) mass is 376 g/mol. The van der Waals surface area contributed by atoms with E-state index >= 15 is 0 Å². The number of benzene rings is 1. The quantitative estimate of drug-likeness (QED) is 0.822. The Balaban J connectivity index is 1.71. The van der Waals surface area contributed by atoms with Gasteiger partial charge >= 0.3 is 6.55 Å². The lowest BCUT2D eigenvalue weighted by atomic mass is 10.2. The minimum absolute atomic E-state index is 0.223. The molecule has 0 aliphatic carbocycles. The summed E-state index contributed by atoms with van der Waals surface area (Å²) in [6.07, 6.45) is 1.80. The Labute approximate surface area is 143 Å². The van der Waals surface area contributed by atoms with Crippen LogP contribution in [0.25, 0.3) is 0 Å². The molecule has 0 saturated carbocycles. The Kier molecular flexibility index (Phi) is 4.75. The van der Waals surface area contributed by atoms with E-state index in [1.54, 1.807) is 6.07 Å². The van der Waals surface area contributed by atoms with Crippen LogP contribution in [0.3, 0.4) is 0 Å². The highest BCUT2D eigenvalue weighted by Gasteiger charge is 2.30. The van der Waals surface area contributed by atoms with Crippen molar-refractivity contribution in [1.29, 1.82) is 0 Å². The van der Waals surface area contributed by atoms with Crippen molar-refractivity contribution < 1.29 is 17.2 Å². The molecule has 1 aliphatic heterocycles. The summed E-state index contributed by atoms with van der Waals surface area (Å²) in [7, 11) is -3.82. The van der Waals surface area contributed by atoms with Crippen molar-refractivity contribution in [2.45, 2.75) is 11.4 Å². The Morgan fingerprint density at radius 2 is 1.88 bits per heavy atom. The van der Waals surface area contributed by atoms with Gasteiger partial charge in [0.2, 0.25) is 10.0 Å². The van der Waals surface area contributed by atoms with Crippen LogP contribution < -0.4 is 4.90 Å². The van der Waals surface area contributed by atoms with E-state index in [9.17, 15) is 17.2 Å². The molecule has 130 valence electrons. The van der Waals surface area contributed by atoms with E-state index in [-0.39, 0.29) is 18.0 Å². The Morgan fingerprint density at radius 3 is 2.46 bits per heavy atom. The molecule has 0 atom stereocenters. The summed E-state index contributed by atoms with van der Waals surface area (Å²) in [4.78, 5) is 1.81. The Morgan fingerprint density at radius 1 is 1.17 bits per heavy atom. The molecule has 1 fully saturated rings. The van der Waals surface area contributed by atoms with Crippen LogP contribution in [0.4, 0.5) is 14.5 Å². The molecule has 6 nitrogen and oxygen atoms in total. The van der Waals surface area contributed by atoms with E-state index < -0.39 is 16.6 Å². The van der Waals surface area contributed by atoms with Crippen molar-refractivity contribution in [2.75, 3.05) is 31.1 Å². The minimum atomic E-state index is -3.82. The van der Waals surface area contributed by atoms with E-state index in [0.29, 0.717) is 22.8 Å². The van der Waals surface area contributed by atoms with Gasteiger partial charge in [-0.05, 0) is 18.2 Å². The lowest BCUT2D eigenvalue weighted by Crippen LogP contribution is -2.48. The zero-order valence-electron chi connectivity index (χ0n) is 12.5. The van der Waals surface area contributed by atoms with Crippen LogP contribution in [0.5, 0.6) is 0 Å².